The largest absolute Gasteiger partial charge is 0.481 e. The van der Waals surface area contributed by atoms with E-state index in [4.69, 9.17) is 20.3 Å². The molecule has 0 fully saturated rings. The summed E-state index contributed by atoms with van der Waals surface area (Å²) in [6, 6.07) is 24.8. The molecule has 0 bridgehead atoms. The Balaban J connectivity index is 1.67. The molecule has 0 aromatic heterocycles. The van der Waals surface area contributed by atoms with Crippen LogP contribution in [0.2, 0.25) is 0 Å². The van der Waals surface area contributed by atoms with Crippen LogP contribution in [0.4, 0.5) is 0 Å². The molecule has 0 saturated heterocycles. The quantitative estimate of drug-likeness (QED) is 0.429. The first-order chi connectivity index (χ1) is 15.0. The molecule has 3 rings (SSSR count). The number of carbonyl (C=O) groups is 2. The Kier molecular flexibility index (Phi) is 7.79. The Labute approximate surface area is 181 Å². The standard InChI is InChI=1S/C25H25NO5/c26-25(29)24(30-17-7-6-12-23(27)28)19-13-15-20(16-14-19)31-22-11-5-4-10-21(22)18-8-2-1-3-9-18/h1-5,8-11,13-16,24H,6-7,12,17H2,(H2,26,29)(H,27,28). The van der Waals surface area contributed by atoms with Gasteiger partial charge < -0.3 is 20.3 Å². The molecular weight excluding hydrogens is 394 g/mol. The second-order valence-electron chi connectivity index (χ2n) is 7.04. The highest BCUT2D eigenvalue weighted by Gasteiger charge is 2.18. The van der Waals surface area contributed by atoms with E-state index in [1.807, 2.05) is 54.6 Å². The maximum atomic E-state index is 11.8. The number of nitrogens with two attached hydrogens (primary N) is 1. The average Bonchev–Trinajstić information content (AvgIpc) is 2.77. The van der Waals surface area contributed by atoms with Crippen LogP contribution in [0.1, 0.15) is 30.9 Å². The van der Waals surface area contributed by atoms with Crippen LogP contribution in [0.15, 0.2) is 78.9 Å². The molecule has 3 aromatic carbocycles. The zero-order valence-corrected chi connectivity index (χ0v) is 17.1. The van der Waals surface area contributed by atoms with Crippen LogP contribution in [-0.2, 0) is 14.3 Å². The highest BCUT2D eigenvalue weighted by Crippen LogP contribution is 2.33. The van der Waals surface area contributed by atoms with E-state index in [1.54, 1.807) is 24.3 Å². The van der Waals surface area contributed by atoms with Crippen molar-refractivity contribution >= 4 is 11.9 Å². The lowest BCUT2D eigenvalue weighted by atomic mass is 10.0. The van der Waals surface area contributed by atoms with Crippen molar-refractivity contribution in [2.45, 2.75) is 25.4 Å². The van der Waals surface area contributed by atoms with Crippen molar-refractivity contribution in [1.29, 1.82) is 0 Å². The number of primary amides is 1. The molecule has 1 unspecified atom stereocenters. The van der Waals surface area contributed by atoms with Crippen LogP contribution in [0.3, 0.4) is 0 Å². The van der Waals surface area contributed by atoms with Crippen molar-refractivity contribution in [3.05, 3.63) is 84.4 Å². The number of aliphatic carboxylic acids is 1. The van der Waals surface area contributed by atoms with E-state index in [0.717, 1.165) is 16.9 Å². The molecule has 0 heterocycles. The van der Waals surface area contributed by atoms with E-state index in [2.05, 4.69) is 0 Å². The molecule has 0 spiro atoms. The molecule has 31 heavy (non-hydrogen) atoms. The third-order valence-electron chi connectivity index (χ3n) is 4.71. The summed E-state index contributed by atoms with van der Waals surface area (Å²) >= 11 is 0. The van der Waals surface area contributed by atoms with Gasteiger partial charge in [-0.1, -0.05) is 60.7 Å². The fourth-order valence-electron chi connectivity index (χ4n) is 3.17. The average molecular weight is 419 g/mol. The predicted octanol–water partition coefficient (Wildman–Crippen LogP) is 4.94. The van der Waals surface area contributed by atoms with E-state index in [0.29, 0.717) is 24.2 Å². The highest BCUT2D eigenvalue weighted by molar-refractivity contribution is 5.80. The summed E-state index contributed by atoms with van der Waals surface area (Å²) in [6.07, 6.45) is 0.193. The van der Waals surface area contributed by atoms with Crippen molar-refractivity contribution in [3.8, 4) is 22.6 Å². The molecule has 1 amide bonds. The molecule has 6 nitrogen and oxygen atoms in total. The zero-order valence-electron chi connectivity index (χ0n) is 17.1. The second kappa shape index (κ2) is 10.9. The van der Waals surface area contributed by atoms with Crippen molar-refractivity contribution in [2.24, 2.45) is 5.73 Å². The predicted molar refractivity (Wildman–Crippen MR) is 118 cm³/mol. The van der Waals surface area contributed by atoms with Gasteiger partial charge in [-0.15, -0.1) is 0 Å². The van der Waals surface area contributed by atoms with E-state index in [9.17, 15) is 9.59 Å². The minimum absolute atomic E-state index is 0.0705. The number of rotatable bonds is 11. The van der Waals surface area contributed by atoms with Gasteiger partial charge in [0, 0.05) is 18.6 Å². The van der Waals surface area contributed by atoms with Crippen LogP contribution >= 0.6 is 0 Å². The molecule has 0 aliphatic heterocycles. The van der Waals surface area contributed by atoms with E-state index in [1.165, 1.54) is 0 Å². The van der Waals surface area contributed by atoms with Crippen molar-refractivity contribution in [3.63, 3.8) is 0 Å². The Hall–Kier alpha value is -3.64. The number of ether oxygens (including phenoxy) is 2. The SMILES string of the molecule is NC(=O)C(OCCCCC(=O)O)c1ccc(Oc2ccccc2-c2ccccc2)cc1. The second-order valence-corrected chi connectivity index (χ2v) is 7.04. The number of amides is 1. The topological polar surface area (TPSA) is 98.9 Å². The normalized spacial score (nSPS) is 11.6. The summed E-state index contributed by atoms with van der Waals surface area (Å²) in [5.74, 6) is -0.100. The number of benzene rings is 3. The summed E-state index contributed by atoms with van der Waals surface area (Å²) < 4.78 is 11.7. The van der Waals surface area contributed by atoms with Crippen molar-refractivity contribution in [2.75, 3.05) is 6.61 Å². The van der Waals surface area contributed by atoms with Gasteiger partial charge in [0.2, 0.25) is 0 Å². The van der Waals surface area contributed by atoms with Gasteiger partial charge in [0.25, 0.3) is 5.91 Å². The third-order valence-corrected chi connectivity index (χ3v) is 4.71. The van der Waals surface area contributed by atoms with Crippen LogP contribution in [0, 0.1) is 0 Å². The van der Waals surface area contributed by atoms with Gasteiger partial charge in [0.15, 0.2) is 6.10 Å². The summed E-state index contributed by atoms with van der Waals surface area (Å²) in [5, 5.41) is 8.68. The van der Waals surface area contributed by atoms with Crippen LogP contribution < -0.4 is 10.5 Å². The van der Waals surface area contributed by atoms with Gasteiger partial charge in [-0.2, -0.15) is 0 Å². The molecule has 0 saturated carbocycles. The first-order valence-electron chi connectivity index (χ1n) is 10.1. The Morgan fingerprint density at radius 1 is 0.871 bits per heavy atom. The maximum Gasteiger partial charge on any atom is 0.303 e. The van der Waals surface area contributed by atoms with E-state index in [-0.39, 0.29) is 13.0 Å². The van der Waals surface area contributed by atoms with Gasteiger partial charge in [0.05, 0.1) is 0 Å². The van der Waals surface area contributed by atoms with Crippen LogP contribution in [0.25, 0.3) is 11.1 Å². The Morgan fingerprint density at radius 3 is 2.23 bits per heavy atom. The fourth-order valence-corrected chi connectivity index (χ4v) is 3.17. The van der Waals surface area contributed by atoms with Gasteiger partial charge in [-0.3, -0.25) is 9.59 Å². The molecule has 160 valence electrons. The Morgan fingerprint density at radius 2 is 1.55 bits per heavy atom. The maximum absolute atomic E-state index is 11.8. The van der Waals surface area contributed by atoms with Gasteiger partial charge >= 0.3 is 5.97 Å². The first-order valence-corrected chi connectivity index (χ1v) is 10.1. The van der Waals surface area contributed by atoms with E-state index < -0.39 is 18.0 Å². The molecule has 3 aromatic rings. The van der Waals surface area contributed by atoms with Crippen LogP contribution in [-0.4, -0.2) is 23.6 Å². The third kappa shape index (κ3) is 6.42. The monoisotopic (exact) mass is 419 g/mol. The molecular formula is C25H25NO5. The lowest BCUT2D eigenvalue weighted by Gasteiger charge is -2.16. The molecule has 0 radical (unpaired) electrons. The molecule has 0 aliphatic carbocycles. The molecule has 6 heteroatoms. The molecule has 3 N–H and O–H groups in total. The number of unbranched alkanes of at least 4 members (excludes halogenated alkanes) is 1. The molecule has 1 atom stereocenters. The number of hydrogen-bond acceptors (Lipinski definition) is 4. The van der Waals surface area contributed by atoms with Crippen LogP contribution in [0.5, 0.6) is 11.5 Å². The lowest BCUT2D eigenvalue weighted by Crippen LogP contribution is -2.24. The summed E-state index contributed by atoms with van der Waals surface area (Å²) in [7, 11) is 0. The fraction of sp³-hybridized carbons (Fsp3) is 0.200. The van der Waals surface area contributed by atoms with Gasteiger partial charge in [0.1, 0.15) is 11.5 Å². The van der Waals surface area contributed by atoms with Gasteiger partial charge in [-0.05, 0) is 42.2 Å². The minimum atomic E-state index is -0.893. The summed E-state index contributed by atoms with van der Waals surface area (Å²) in [5.41, 5.74) is 8.14. The van der Waals surface area contributed by atoms with Gasteiger partial charge in [-0.25, -0.2) is 0 Å². The number of carboxylic acids is 1. The number of carbonyl (C=O) groups excluding carboxylic acids is 1. The minimum Gasteiger partial charge on any atom is -0.481 e. The van der Waals surface area contributed by atoms with E-state index >= 15 is 0 Å². The lowest BCUT2D eigenvalue weighted by molar-refractivity contribution is -0.137. The summed E-state index contributed by atoms with van der Waals surface area (Å²) in [6.45, 7) is 0.254. The number of carboxylic acid groups (broad SMARTS) is 1. The highest BCUT2D eigenvalue weighted by atomic mass is 16.5. The van der Waals surface area contributed by atoms with Crippen molar-refractivity contribution < 1.29 is 24.2 Å². The smallest absolute Gasteiger partial charge is 0.303 e. The first kappa shape index (κ1) is 22.1. The number of hydrogen-bond donors (Lipinski definition) is 2. The zero-order chi connectivity index (χ0) is 22.1. The summed E-state index contributed by atoms with van der Waals surface area (Å²) in [4.78, 5) is 22.4. The van der Waals surface area contributed by atoms with Crippen molar-refractivity contribution in [1.82, 2.24) is 0 Å². The number of para-hydroxylation sites is 1. The molecule has 0 aliphatic rings. The Bertz CT molecular complexity index is 1000.